The number of hydrogen-bond acceptors (Lipinski definition) is 4. The number of hydrogen-bond donors (Lipinski definition) is 4. The summed E-state index contributed by atoms with van der Waals surface area (Å²) in [6, 6.07) is -0.370. The van der Waals surface area contributed by atoms with E-state index >= 15 is 0 Å². The Kier molecular flexibility index (Phi) is 6.22. The number of amides is 2. The van der Waals surface area contributed by atoms with Crippen molar-refractivity contribution >= 4 is 12.0 Å². The van der Waals surface area contributed by atoms with Gasteiger partial charge in [-0.15, -0.1) is 0 Å². The van der Waals surface area contributed by atoms with E-state index in [9.17, 15) is 14.7 Å². The number of rotatable bonds is 7. The third-order valence-corrected chi connectivity index (χ3v) is 3.53. The normalized spacial score (nSPS) is 22.2. The number of carbonyl (C=O) groups excluding carboxylic acids is 1. The number of carboxylic acid groups (broad SMARTS) is 1. The highest BCUT2D eigenvalue weighted by Gasteiger charge is 2.25. The molecule has 1 heterocycles. The smallest absolute Gasteiger partial charge is 0.314 e. The van der Waals surface area contributed by atoms with Crippen LogP contribution in [-0.4, -0.2) is 65.4 Å². The molecule has 0 aromatic rings. The zero-order valence-corrected chi connectivity index (χ0v) is 12.2. The predicted octanol–water partition coefficient (Wildman–Crippen LogP) is -0.147. The van der Waals surface area contributed by atoms with E-state index < -0.39 is 18.0 Å². The van der Waals surface area contributed by atoms with Gasteiger partial charge in [-0.05, 0) is 32.4 Å². The van der Waals surface area contributed by atoms with Crippen LogP contribution in [0.4, 0.5) is 4.79 Å². The molecule has 7 heteroatoms. The number of nitrogens with one attached hydrogen (secondary N) is 2. The Morgan fingerprint density at radius 1 is 1.40 bits per heavy atom. The number of nitrogens with zero attached hydrogens (tertiary/aromatic N) is 1. The van der Waals surface area contributed by atoms with E-state index in [1.165, 1.54) is 6.92 Å². The summed E-state index contributed by atoms with van der Waals surface area (Å²) in [6.45, 7) is 7.11. The third kappa shape index (κ3) is 6.21. The van der Waals surface area contributed by atoms with Crippen molar-refractivity contribution in [3.63, 3.8) is 0 Å². The maximum Gasteiger partial charge on any atom is 0.314 e. The second kappa shape index (κ2) is 7.44. The molecule has 0 radical (unpaired) electrons. The lowest BCUT2D eigenvalue weighted by molar-refractivity contribution is -0.141. The van der Waals surface area contributed by atoms with E-state index in [1.807, 2.05) is 0 Å². The molecule has 2 amide bonds. The molecule has 116 valence electrons. The van der Waals surface area contributed by atoms with Crippen molar-refractivity contribution in [2.24, 2.45) is 5.92 Å². The summed E-state index contributed by atoms with van der Waals surface area (Å²) in [7, 11) is 0. The lowest BCUT2D eigenvalue weighted by atomic mass is 10.0. The zero-order chi connectivity index (χ0) is 15.2. The first-order valence-electron chi connectivity index (χ1n) is 7.00. The topological polar surface area (TPSA) is 102 Å². The van der Waals surface area contributed by atoms with Crippen LogP contribution < -0.4 is 10.6 Å². The summed E-state index contributed by atoms with van der Waals surface area (Å²) in [4.78, 5) is 24.4. The van der Waals surface area contributed by atoms with Gasteiger partial charge in [0.1, 0.15) is 0 Å². The van der Waals surface area contributed by atoms with E-state index in [0.717, 1.165) is 26.1 Å². The minimum absolute atomic E-state index is 0.0864. The van der Waals surface area contributed by atoms with E-state index in [-0.39, 0.29) is 12.6 Å². The van der Waals surface area contributed by atoms with E-state index in [0.29, 0.717) is 12.5 Å². The van der Waals surface area contributed by atoms with E-state index in [1.54, 1.807) is 0 Å². The number of urea groups is 1. The molecule has 0 aromatic heterocycles. The van der Waals surface area contributed by atoms with Crippen molar-refractivity contribution in [2.75, 3.05) is 32.7 Å². The van der Waals surface area contributed by atoms with Gasteiger partial charge in [0, 0.05) is 19.6 Å². The Labute approximate surface area is 119 Å². The van der Waals surface area contributed by atoms with Crippen molar-refractivity contribution in [2.45, 2.75) is 32.3 Å². The van der Waals surface area contributed by atoms with E-state index in [2.05, 4.69) is 22.5 Å². The highest BCUT2D eigenvalue weighted by Crippen LogP contribution is 2.14. The van der Waals surface area contributed by atoms with Crippen LogP contribution in [-0.2, 0) is 4.79 Å². The fraction of sp³-hybridized carbons (Fsp3) is 0.846. The minimum atomic E-state index is -1.43. The molecule has 2 atom stereocenters. The van der Waals surface area contributed by atoms with Crippen LogP contribution >= 0.6 is 0 Å². The van der Waals surface area contributed by atoms with Crippen LogP contribution in [0.1, 0.15) is 26.7 Å². The number of carboxylic acids is 1. The molecule has 1 saturated heterocycles. The summed E-state index contributed by atoms with van der Waals surface area (Å²) >= 11 is 0. The molecule has 1 aliphatic rings. The Hall–Kier alpha value is -1.34. The summed E-state index contributed by atoms with van der Waals surface area (Å²) in [5.41, 5.74) is -1.43. The molecule has 1 aliphatic heterocycles. The van der Waals surface area contributed by atoms with Crippen LogP contribution in [0.3, 0.4) is 0 Å². The van der Waals surface area contributed by atoms with Gasteiger partial charge in [0.2, 0.25) is 0 Å². The largest absolute Gasteiger partial charge is 0.481 e. The van der Waals surface area contributed by atoms with Crippen molar-refractivity contribution < 1.29 is 19.8 Å². The average molecular weight is 287 g/mol. The Bertz CT molecular complexity index is 347. The fourth-order valence-corrected chi connectivity index (χ4v) is 2.33. The summed E-state index contributed by atoms with van der Waals surface area (Å²) in [5, 5.41) is 23.6. The standard InChI is InChI=1S/C13H25N3O4/c1-3-16-5-4-10(8-16)7-14-12(19)15-9-13(2,20)6-11(17)18/h10,20H,3-9H2,1-2H3,(H,17,18)(H2,14,15,19). The molecular formula is C13H25N3O4. The van der Waals surface area contributed by atoms with Gasteiger partial charge in [0.05, 0.1) is 12.0 Å². The van der Waals surface area contributed by atoms with Crippen molar-refractivity contribution in [1.29, 1.82) is 0 Å². The maximum atomic E-state index is 11.6. The van der Waals surface area contributed by atoms with Crippen LogP contribution in [0.2, 0.25) is 0 Å². The number of aliphatic carboxylic acids is 1. The van der Waals surface area contributed by atoms with Gasteiger partial charge >= 0.3 is 12.0 Å². The fourth-order valence-electron chi connectivity index (χ4n) is 2.33. The summed E-state index contributed by atoms with van der Waals surface area (Å²) in [5.74, 6) is -0.636. The quantitative estimate of drug-likeness (QED) is 0.522. The van der Waals surface area contributed by atoms with Gasteiger partial charge in [-0.25, -0.2) is 4.79 Å². The maximum absolute atomic E-state index is 11.6. The summed E-state index contributed by atoms with van der Waals surface area (Å²) < 4.78 is 0. The van der Waals surface area contributed by atoms with Gasteiger partial charge in [0.15, 0.2) is 0 Å². The predicted molar refractivity (Wildman–Crippen MR) is 74.5 cm³/mol. The van der Waals surface area contributed by atoms with Crippen LogP contribution in [0.15, 0.2) is 0 Å². The first kappa shape index (κ1) is 16.7. The number of aliphatic hydroxyl groups is 1. The molecule has 0 aromatic carbocycles. The first-order chi connectivity index (χ1) is 9.32. The van der Waals surface area contributed by atoms with Gasteiger partial charge in [-0.3, -0.25) is 4.79 Å². The van der Waals surface area contributed by atoms with Gasteiger partial charge in [-0.1, -0.05) is 6.92 Å². The van der Waals surface area contributed by atoms with Crippen LogP contribution in [0.5, 0.6) is 0 Å². The van der Waals surface area contributed by atoms with Gasteiger partial charge < -0.3 is 25.7 Å². The zero-order valence-electron chi connectivity index (χ0n) is 12.2. The molecular weight excluding hydrogens is 262 g/mol. The van der Waals surface area contributed by atoms with Crippen LogP contribution in [0.25, 0.3) is 0 Å². The van der Waals surface area contributed by atoms with Gasteiger partial charge in [-0.2, -0.15) is 0 Å². The second-order valence-electron chi connectivity index (χ2n) is 5.68. The van der Waals surface area contributed by atoms with Crippen LogP contribution in [0, 0.1) is 5.92 Å². The molecule has 1 rings (SSSR count). The highest BCUT2D eigenvalue weighted by atomic mass is 16.4. The van der Waals surface area contributed by atoms with Crippen molar-refractivity contribution in [3.05, 3.63) is 0 Å². The molecule has 2 unspecified atom stereocenters. The molecule has 7 nitrogen and oxygen atoms in total. The molecule has 0 spiro atoms. The minimum Gasteiger partial charge on any atom is -0.481 e. The SMILES string of the molecule is CCN1CCC(CNC(=O)NCC(C)(O)CC(=O)O)C1. The molecule has 0 saturated carbocycles. The van der Waals surface area contributed by atoms with Crippen molar-refractivity contribution in [1.82, 2.24) is 15.5 Å². The average Bonchev–Trinajstić information content (AvgIpc) is 2.80. The Morgan fingerprint density at radius 2 is 2.10 bits per heavy atom. The number of carbonyl (C=O) groups is 2. The molecule has 1 fully saturated rings. The molecule has 4 N–H and O–H groups in total. The third-order valence-electron chi connectivity index (χ3n) is 3.53. The molecule has 0 aliphatic carbocycles. The highest BCUT2D eigenvalue weighted by molar-refractivity contribution is 5.74. The Morgan fingerprint density at radius 3 is 2.65 bits per heavy atom. The summed E-state index contributed by atoms with van der Waals surface area (Å²) in [6.07, 6.45) is 0.673. The van der Waals surface area contributed by atoms with Crippen molar-refractivity contribution in [3.8, 4) is 0 Å². The lowest BCUT2D eigenvalue weighted by Gasteiger charge is -2.22. The first-order valence-corrected chi connectivity index (χ1v) is 7.00. The number of likely N-dealkylation sites (tertiary alicyclic amines) is 1. The Balaban J connectivity index is 2.19. The van der Waals surface area contributed by atoms with Gasteiger partial charge in [0.25, 0.3) is 0 Å². The lowest BCUT2D eigenvalue weighted by Crippen LogP contribution is -2.46. The van der Waals surface area contributed by atoms with E-state index in [4.69, 9.17) is 5.11 Å². The second-order valence-corrected chi connectivity index (χ2v) is 5.68. The molecule has 20 heavy (non-hydrogen) atoms. The monoisotopic (exact) mass is 287 g/mol. The molecule has 0 bridgehead atoms.